The van der Waals surface area contributed by atoms with Gasteiger partial charge in [-0.1, -0.05) is 51.4 Å². The van der Waals surface area contributed by atoms with E-state index in [1.165, 1.54) is 103 Å². The van der Waals surface area contributed by atoms with Crippen LogP contribution >= 0.6 is 0 Å². The molecular weight excluding hydrogens is 552 g/mol. The number of hydrogen-bond donors (Lipinski definition) is 8. The van der Waals surface area contributed by atoms with Gasteiger partial charge in [0.15, 0.2) is 0 Å². The first-order chi connectivity index (χ1) is 19.8. The van der Waals surface area contributed by atoms with E-state index in [-0.39, 0.29) is 56.9 Å². The summed E-state index contributed by atoms with van der Waals surface area (Å²) >= 11 is 0. The van der Waals surface area contributed by atoms with E-state index in [2.05, 4.69) is 42.5 Å². The smallest absolute Gasteiger partial charge is 0.870 e. The summed E-state index contributed by atoms with van der Waals surface area (Å²) in [7, 11) is 0. The van der Waals surface area contributed by atoms with Crippen molar-refractivity contribution >= 4 is 0 Å². The molecule has 9 N–H and O–H groups in total. The quantitative estimate of drug-likeness (QED) is 0.171. The minimum absolute atomic E-state index is 0. The van der Waals surface area contributed by atoms with Gasteiger partial charge in [-0.15, -0.1) is 0 Å². The first kappa shape index (κ1) is 31.9. The summed E-state index contributed by atoms with van der Waals surface area (Å²) in [5, 5.41) is 33.8. The van der Waals surface area contributed by atoms with Gasteiger partial charge in [0.1, 0.15) is 0 Å². The fraction of sp³-hybridized carbons (Fsp3) is 1.00. The molecule has 4 saturated carbocycles. The molecule has 9 rings (SSSR count). The van der Waals surface area contributed by atoms with E-state index in [9.17, 15) is 0 Å². The fourth-order valence-corrected chi connectivity index (χ4v) is 12.0. The third kappa shape index (κ3) is 5.61. The Morgan fingerprint density at radius 1 is 0.238 bits per heavy atom. The van der Waals surface area contributed by atoms with E-state index in [0.29, 0.717) is 49.3 Å². The van der Waals surface area contributed by atoms with Gasteiger partial charge in [0.25, 0.3) is 0 Å². The molecule has 0 amide bonds. The van der Waals surface area contributed by atoms with Gasteiger partial charge < -0.3 is 5.48 Å². The molecule has 0 aromatic heterocycles. The zero-order chi connectivity index (χ0) is 26.2. The largest absolute Gasteiger partial charge is 1.00 e. The molecule has 0 aromatic rings. The topological polar surface area (TPSA) is 126 Å². The number of rotatable bonds is 0. The Kier molecular flexibility index (Phi) is 10.2. The van der Waals surface area contributed by atoms with Crippen molar-refractivity contribution in [1.82, 2.24) is 42.5 Å². The van der Waals surface area contributed by atoms with Gasteiger partial charge >= 0.3 is 51.4 Å². The van der Waals surface area contributed by atoms with Crippen LogP contribution in [0.25, 0.3) is 0 Å². The van der Waals surface area contributed by atoms with Crippen LogP contribution in [-0.4, -0.2) is 54.8 Å². The molecular formula is C32H57KN8O. The number of hydrogen-bond acceptors (Lipinski definition) is 9. The Hall–Kier alpha value is 1.28. The predicted octanol–water partition coefficient (Wildman–Crippen LogP) is -0.567. The van der Waals surface area contributed by atoms with E-state index in [0.717, 1.165) is 47.3 Å². The average molecular weight is 609 g/mol. The number of fused-ring (bicyclic) bond motifs is 20. The third-order valence-corrected chi connectivity index (χ3v) is 13.8. The van der Waals surface area contributed by atoms with Gasteiger partial charge in [-0.2, -0.15) is 0 Å². The first-order valence-electron chi connectivity index (χ1n) is 17.9. The summed E-state index contributed by atoms with van der Waals surface area (Å²) in [4.78, 5) is 0. The van der Waals surface area contributed by atoms with Crippen LogP contribution in [0.2, 0.25) is 0 Å². The molecule has 9 aliphatic rings. The van der Waals surface area contributed by atoms with Crippen LogP contribution in [-0.2, 0) is 0 Å². The van der Waals surface area contributed by atoms with Crippen LogP contribution in [0.1, 0.15) is 103 Å². The Morgan fingerprint density at radius 2 is 0.357 bits per heavy atom. The van der Waals surface area contributed by atoms with Crippen LogP contribution in [0.4, 0.5) is 0 Å². The Morgan fingerprint density at radius 3 is 0.476 bits per heavy atom. The fourth-order valence-electron chi connectivity index (χ4n) is 12.0. The second-order valence-electron chi connectivity index (χ2n) is 15.6. The Labute approximate surface area is 296 Å². The second-order valence-corrected chi connectivity index (χ2v) is 15.6. The van der Waals surface area contributed by atoms with Gasteiger partial charge in [0.05, 0.1) is 49.3 Å². The van der Waals surface area contributed by atoms with Gasteiger partial charge in [-0.25, -0.2) is 0 Å². The number of nitrogens with one attached hydrogen (secondary N) is 8. The molecule has 8 unspecified atom stereocenters. The molecule has 8 bridgehead atoms. The summed E-state index contributed by atoms with van der Waals surface area (Å²) in [5.74, 6) is 5.97. The maximum atomic E-state index is 4.26. The third-order valence-electron chi connectivity index (χ3n) is 13.8. The van der Waals surface area contributed by atoms with Crippen LogP contribution < -0.4 is 93.9 Å². The van der Waals surface area contributed by atoms with Crippen LogP contribution in [0, 0.1) is 47.3 Å². The SMILES string of the molecule is C1CCC2C3NC(NC4NC(NC5NC(NC6NC(N3)C3CCCCC63)C3CCCCC53)C3CCCCC43)C2C1.[K+].[OH-]. The monoisotopic (exact) mass is 608 g/mol. The minimum atomic E-state index is 0. The maximum Gasteiger partial charge on any atom is 1.00 e. The Bertz CT molecular complexity index is 723. The normalized spacial score (nSPS) is 54.9. The van der Waals surface area contributed by atoms with Crippen molar-refractivity contribution in [2.24, 2.45) is 47.3 Å². The Balaban J connectivity index is 0.00000144. The van der Waals surface area contributed by atoms with Crippen LogP contribution in [0.5, 0.6) is 0 Å². The molecule has 0 radical (unpaired) electrons. The van der Waals surface area contributed by atoms with Crippen LogP contribution in [0.15, 0.2) is 0 Å². The summed E-state index contributed by atoms with van der Waals surface area (Å²) in [6.07, 6.45) is 25.6. The molecule has 5 saturated heterocycles. The van der Waals surface area contributed by atoms with Gasteiger partial charge in [0, 0.05) is 0 Å². The van der Waals surface area contributed by atoms with Crippen molar-refractivity contribution < 1.29 is 56.9 Å². The van der Waals surface area contributed by atoms with E-state index in [4.69, 9.17) is 0 Å². The predicted molar refractivity (Wildman–Crippen MR) is 159 cm³/mol. The summed E-state index contributed by atoms with van der Waals surface area (Å²) < 4.78 is 0. The zero-order valence-corrected chi connectivity index (χ0v) is 29.1. The molecule has 5 heterocycles. The molecule has 42 heavy (non-hydrogen) atoms. The van der Waals surface area contributed by atoms with Crippen molar-refractivity contribution in [3.63, 3.8) is 0 Å². The van der Waals surface area contributed by atoms with E-state index >= 15 is 0 Å². The molecule has 10 heteroatoms. The molecule has 8 atom stereocenters. The van der Waals surface area contributed by atoms with E-state index in [1.54, 1.807) is 0 Å². The van der Waals surface area contributed by atoms with Crippen molar-refractivity contribution in [2.45, 2.75) is 152 Å². The van der Waals surface area contributed by atoms with Gasteiger partial charge in [-0.05, 0) is 98.7 Å². The average Bonchev–Trinajstić information content (AvgIpc) is 3.73. The summed E-state index contributed by atoms with van der Waals surface area (Å²) in [5.41, 5.74) is 0. The molecule has 4 aliphatic carbocycles. The van der Waals surface area contributed by atoms with Crippen molar-refractivity contribution in [3.8, 4) is 0 Å². The molecule has 0 spiro atoms. The van der Waals surface area contributed by atoms with Crippen molar-refractivity contribution in [3.05, 3.63) is 0 Å². The molecule has 0 aromatic carbocycles. The van der Waals surface area contributed by atoms with Gasteiger partial charge in [-0.3, -0.25) is 42.5 Å². The van der Waals surface area contributed by atoms with Crippen molar-refractivity contribution in [1.29, 1.82) is 0 Å². The van der Waals surface area contributed by atoms with Crippen LogP contribution in [0.3, 0.4) is 0 Å². The van der Waals surface area contributed by atoms with Gasteiger partial charge in [0.2, 0.25) is 0 Å². The minimum Gasteiger partial charge on any atom is -0.870 e. The first-order valence-corrected chi connectivity index (χ1v) is 17.9. The second kappa shape index (κ2) is 13.4. The zero-order valence-electron chi connectivity index (χ0n) is 26.0. The molecule has 9 nitrogen and oxygen atoms in total. The summed E-state index contributed by atoms with van der Waals surface area (Å²) in [6.45, 7) is 0. The molecule has 232 valence electrons. The van der Waals surface area contributed by atoms with Crippen molar-refractivity contribution in [2.75, 3.05) is 0 Å². The molecule has 9 fully saturated rings. The maximum absolute atomic E-state index is 4.26. The van der Waals surface area contributed by atoms with E-state index in [1.807, 2.05) is 0 Å². The summed E-state index contributed by atoms with van der Waals surface area (Å²) in [6, 6.07) is 0. The molecule has 5 aliphatic heterocycles. The van der Waals surface area contributed by atoms with E-state index < -0.39 is 0 Å². The standard InChI is InChI=1S/C32H56N8.K.H2O/c1-2-10-18-17(9-1)25-33-26(18)38-28-21-13-5-6-14-22(21)30(35-28)40-32-24-16-8-7-15-23(24)31(36-32)39-29-20-12-4-3-11-19(20)27(34-29)37-25;;/h17-40H,1-16H2;;1H2/q;+1;/p-1.